The molecule has 0 bridgehead atoms. The van der Waals surface area contributed by atoms with E-state index in [4.69, 9.17) is 0 Å². The van der Waals surface area contributed by atoms with Gasteiger partial charge in [-0.05, 0) is 49.9 Å². The Labute approximate surface area is 237 Å². The van der Waals surface area contributed by atoms with Crippen molar-refractivity contribution in [1.82, 2.24) is 0 Å². The number of rotatable bonds is 2. The lowest BCUT2D eigenvalue weighted by atomic mass is 9.93. The molecule has 0 aromatic heterocycles. The van der Waals surface area contributed by atoms with Gasteiger partial charge in [-0.15, -0.1) is 0 Å². The van der Waals surface area contributed by atoms with Crippen LogP contribution in [0.3, 0.4) is 0 Å². The van der Waals surface area contributed by atoms with Crippen LogP contribution >= 0.6 is 0 Å². The summed E-state index contributed by atoms with van der Waals surface area (Å²) in [6.07, 6.45) is 1.25. The van der Waals surface area contributed by atoms with Crippen LogP contribution in [0.5, 0.6) is 0 Å². The fraction of sp³-hybridized carbons (Fsp3) is 0.179. The Morgan fingerprint density at radius 1 is 0.359 bits per heavy atom. The molecule has 0 heteroatoms. The minimum absolute atomic E-state index is 1.25. The van der Waals surface area contributed by atoms with Crippen molar-refractivity contribution in [2.45, 2.75) is 48.0 Å². The summed E-state index contributed by atoms with van der Waals surface area (Å²) in [5.74, 6) is 0. The average molecular weight is 513 g/mol. The molecule has 0 aliphatic heterocycles. The average Bonchev–Trinajstić information content (AvgIpc) is 3.04. The van der Waals surface area contributed by atoms with E-state index in [1.165, 1.54) is 50.2 Å². The molecule has 39 heavy (non-hydrogen) atoms. The van der Waals surface area contributed by atoms with Gasteiger partial charge >= 0.3 is 0 Å². The molecule has 0 saturated heterocycles. The van der Waals surface area contributed by atoms with Crippen LogP contribution in [0.15, 0.2) is 146 Å². The first kappa shape index (κ1) is 31.1. The molecule has 0 radical (unpaired) electrons. The van der Waals surface area contributed by atoms with E-state index >= 15 is 0 Å². The van der Waals surface area contributed by atoms with E-state index in [0.717, 1.165) is 0 Å². The lowest BCUT2D eigenvalue weighted by molar-refractivity contribution is 1.09. The molecule has 0 amide bonds. The van der Waals surface area contributed by atoms with Crippen LogP contribution in [0, 0.1) is 0 Å². The highest BCUT2D eigenvalue weighted by Gasteiger charge is 2.07. The lowest BCUT2D eigenvalue weighted by Crippen LogP contribution is -1.83. The van der Waals surface area contributed by atoms with Crippen LogP contribution in [0.25, 0.3) is 43.8 Å². The molecule has 0 spiro atoms. The predicted octanol–water partition coefficient (Wildman–Crippen LogP) is 12.5. The molecule has 0 nitrogen and oxygen atoms in total. The summed E-state index contributed by atoms with van der Waals surface area (Å²) in [7, 11) is 0. The largest absolute Gasteiger partial charge is 0.0683 e. The third-order valence-electron chi connectivity index (χ3n) is 5.73. The summed E-state index contributed by atoms with van der Waals surface area (Å²) in [4.78, 5) is 0. The second kappa shape index (κ2) is 18.2. The minimum atomic E-state index is 1.25. The van der Waals surface area contributed by atoms with Gasteiger partial charge in [0, 0.05) is 0 Å². The van der Waals surface area contributed by atoms with Crippen molar-refractivity contribution in [1.29, 1.82) is 0 Å². The molecule has 0 N–H and O–H groups in total. The van der Waals surface area contributed by atoms with Crippen LogP contribution in [0.1, 0.15) is 48.0 Å². The highest BCUT2D eigenvalue weighted by molar-refractivity contribution is 6.13. The summed E-state index contributed by atoms with van der Waals surface area (Å²) < 4.78 is 0. The quantitative estimate of drug-likeness (QED) is 0.202. The van der Waals surface area contributed by atoms with Gasteiger partial charge in [0.25, 0.3) is 0 Å². The van der Waals surface area contributed by atoms with Crippen LogP contribution in [0.2, 0.25) is 0 Å². The van der Waals surface area contributed by atoms with Gasteiger partial charge in [0.1, 0.15) is 0 Å². The number of hydrogen-bond donors (Lipinski definition) is 0. The van der Waals surface area contributed by atoms with Gasteiger partial charge in [-0.25, -0.2) is 0 Å². The molecule has 0 aliphatic carbocycles. The molecule has 0 fully saturated rings. The minimum Gasteiger partial charge on any atom is -0.0683 e. The lowest BCUT2D eigenvalue weighted by Gasteiger charge is -2.10. The summed E-state index contributed by atoms with van der Waals surface area (Å²) >= 11 is 0. The summed E-state index contributed by atoms with van der Waals surface area (Å²) in [6.45, 7) is 12.2. The van der Waals surface area contributed by atoms with Gasteiger partial charge in [-0.2, -0.15) is 0 Å². The van der Waals surface area contributed by atoms with Crippen molar-refractivity contribution in [2.75, 3.05) is 0 Å². The van der Waals surface area contributed by atoms with E-state index in [9.17, 15) is 0 Å². The van der Waals surface area contributed by atoms with Crippen LogP contribution in [-0.2, 0) is 0 Å². The maximum Gasteiger partial charge on any atom is -0.00990 e. The second-order valence-corrected chi connectivity index (χ2v) is 8.50. The van der Waals surface area contributed by atoms with Gasteiger partial charge in [0.05, 0.1) is 0 Å². The van der Waals surface area contributed by atoms with Gasteiger partial charge in [-0.1, -0.05) is 187 Å². The topological polar surface area (TPSA) is 0 Å². The Bertz CT molecular complexity index is 1410. The molecule has 0 saturated carbocycles. The molecule has 6 aromatic carbocycles. The summed E-state index contributed by atoms with van der Waals surface area (Å²) in [5, 5.41) is 5.26. The van der Waals surface area contributed by atoms with Crippen molar-refractivity contribution >= 4 is 21.5 Å². The van der Waals surface area contributed by atoms with Crippen molar-refractivity contribution in [2.24, 2.45) is 0 Å². The maximum atomic E-state index is 2.30. The van der Waals surface area contributed by atoms with Gasteiger partial charge in [-0.3, -0.25) is 0 Å². The normalized spacial score (nSPS) is 9.38. The van der Waals surface area contributed by atoms with E-state index in [-0.39, 0.29) is 0 Å². The van der Waals surface area contributed by atoms with Crippen molar-refractivity contribution in [3.05, 3.63) is 146 Å². The van der Waals surface area contributed by atoms with E-state index in [0.29, 0.717) is 0 Å². The molecule has 0 heterocycles. The monoisotopic (exact) mass is 512 g/mol. The highest BCUT2D eigenvalue weighted by atomic mass is 14.1. The van der Waals surface area contributed by atoms with Crippen molar-refractivity contribution in [3.8, 4) is 22.3 Å². The fourth-order valence-corrected chi connectivity index (χ4v) is 4.17. The van der Waals surface area contributed by atoms with E-state index < -0.39 is 0 Å². The molecule has 0 aliphatic rings. The summed E-state index contributed by atoms with van der Waals surface area (Å²) in [5.41, 5.74) is 5.13. The number of benzene rings is 6. The van der Waals surface area contributed by atoms with Gasteiger partial charge in [0.15, 0.2) is 0 Å². The molecule has 0 atom stereocenters. The van der Waals surface area contributed by atoms with Crippen LogP contribution in [0.4, 0.5) is 0 Å². The maximum absolute atomic E-state index is 2.30. The zero-order valence-electron chi connectivity index (χ0n) is 24.6. The molecular weight excluding hydrogens is 468 g/mol. The highest BCUT2D eigenvalue weighted by Crippen LogP contribution is 2.34. The van der Waals surface area contributed by atoms with Crippen molar-refractivity contribution in [3.63, 3.8) is 0 Å². The molecule has 6 rings (SSSR count). The van der Waals surface area contributed by atoms with E-state index in [2.05, 4.69) is 147 Å². The van der Waals surface area contributed by atoms with Gasteiger partial charge < -0.3 is 0 Å². The third-order valence-corrected chi connectivity index (χ3v) is 5.73. The summed E-state index contributed by atoms with van der Waals surface area (Å²) in [6, 6.07) is 50.9. The van der Waals surface area contributed by atoms with Crippen LogP contribution < -0.4 is 0 Å². The van der Waals surface area contributed by atoms with Crippen LogP contribution in [-0.4, -0.2) is 0 Å². The smallest absolute Gasteiger partial charge is 0.00990 e. The first-order valence-corrected chi connectivity index (χ1v) is 14.4. The fourth-order valence-electron chi connectivity index (χ4n) is 4.17. The first-order chi connectivity index (χ1) is 19.3. The third kappa shape index (κ3) is 8.97. The van der Waals surface area contributed by atoms with E-state index in [1.54, 1.807) is 0 Å². The predicted molar refractivity (Wildman–Crippen MR) is 177 cm³/mol. The Morgan fingerprint density at radius 3 is 1.15 bits per heavy atom. The SMILES string of the molecule is CC.CC.CCC.c1ccc(-c2cc3ccccc3c3ccccc23)cc1.c1ccc(-c2ccccc2)cc1. The zero-order valence-corrected chi connectivity index (χ0v) is 24.6. The molecule has 0 unspecified atom stereocenters. The standard InChI is InChI=1S/C20H14.C12H10.C3H8.2C2H6/c1-2-8-15(9-3-1)20-14-16-10-4-5-11-17(16)18-12-6-7-13-19(18)20;1-3-7-11(8-4-1)12-9-5-2-6-10-12;1-3-2;2*1-2/h1-14H;1-10H;3H2,1-2H3;2*1-2H3. The Kier molecular flexibility index (Phi) is 14.5. The molecule has 200 valence electrons. The molecular formula is C39H44. The number of fused-ring (bicyclic) bond motifs is 3. The Morgan fingerprint density at radius 2 is 0.692 bits per heavy atom. The van der Waals surface area contributed by atoms with Crippen molar-refractivity contribution < 1.29 is 0 Å². The number of hydrogen-bond acceptors (Lipinski definition) is 0. The first-order valence-electron chi connectivity index (χ1n) is 14.4. The molecule has 6 aromatic rings. The zero-order chi connectivity index (χ0) is 28.3. The van der Waals surface area contributed by atoms with E-state index in [1.807, 2.05) is 39.8 Å². The Balaban J connectivity index is 0.000000240. The second-order valence-electron chi connectivity index (χ2n) is 8.50. The van der Waals surface area contributed by atoms with Gasteiger partial charge in [0.2, 0.25) is 0 Å². The Hall–Kier alpha value is -4.16.